The van der Waals surface area contributed by atoms with Gasteiger partial charge in [-0.3, -0.25) is 9.59 Å². The Bertz CT molecular complexity index is 1570. The van der Waals surface area contributed by atoms with Crippen LogP contribution in [0.5, 0.6) is 46.0 Å². The third kappa shape index (κ3) is 6.37. The molecule has 0 aliphatic heterocycles. The van der Waals surface area contributed by atoms with Crippen molar-refractivity contribution in [2.75, 3.05) is 42.7 Å². The van der Waals surface area contributed by atoms with Gasteiger partial charge in [0, 0.05) is 35.1 Å². The molecule has 0 amide bonds. The highest BCUT2D eigenvalue weighted by Gasteiger charge is 2.35. The molecule has 0 spiro atoms. The number of benzene rings is 4. The van der Waals surface area contributed by atoms with E-state index in [1.54, 1.807) is 48.5 Å². The molecule has 0 bridgehead atoms. The zero-order valence-electron chi connectivity index (χ0n) is 26.8. The fourth-order valence-electron chi connectivity index (χ4n) is 5.57. The first-order valence-corrected chi connectivity index (χ1v) is 14.5. The summed E-state index contributed by atoms with van der Waals surface area (Å²) in [6.45, 7) is 0. The molecule has 0 fully saturated rings. The summed E-state index contributed by atoms with van der Waals surface area (Å²) in [5.41, 5.74) is 1.56. The molecule has 0 heterocycles. The van der Waals surface area contributed by atoms with Gasteiger partial charge in [-0.05, 0) is 12.8 Å². The molecule has 0 atom stereocenters. The Labute approximate surface area is 268 Å². The largest absolute Gasteiger partial charge is 0.507 e. The molecule has 10 heteroatoms. The van der Waals surface area contributed by atoms with Crippen LogP contribution in [0.15, 0.2) is 60.7 Å². The van der Waals surface area contributed by atoms with Crippen molar-refractivity contribution < 1.29 is 48.2 Å². The zero-order chi connectivity index (χ0) is 33.4. The van der Waals surface area contributed by atoms with Crippen LogP contribution in [-0.4, -0.2) is 64.4 Å². The summed E-state index contributed by atoms with van der Waals surface area (Å²) in [7, 11) is 8.40. The molecular weight excluding hydrogens is 592 g/mol. The third-order valence-corrected chi connectivity index (χ3v) is 7.74. The minimum atomic E-state index is -0.331. The molecule has 0 saturated heterocycles. The lowest BCUT2D eigenvalue weighted by molar-refractivity contribution is 0.0974. The van der Waals surface area contributed by atoms with E-state index in [2.05, 4.69) is 0 Å². The summed E-state index contributed by atoms with van der Waals surface area (Å²) in [4.78, 5) is 26.1. The second-order valence-corrected chi connectivity index (χ2v) is 10.2. The topological polar surface area (TPSA) is 130 Å². The van der Waals surface area contributed by atoms with Crippen molar-refractivity contribution in [3.05, 3.63) is 82.9 Å². The van der Waals surface area contributed by atoms with E-state index in [0.29, 0.717) is 11.1 Å². The molecule has 46 heavy (non-hydrogen) atoms. The maximum absolute atomic E-state index is 13.0. The fourth-order valence-corrected chi connectivity index (χ4v) is 5.57. The second-order valence-electron chi connectivity index (χ2n) is 10.2. The average molecular weight is 631 g/mol. The van der Waals surface area contributed by atoms with Gasteiger partial charge in [-0.25, -0.2) is 0 Å². The van der Waals surface area contributed by atoms with E-state index in [-0.39, 0.29) is 105 Å². The maximum atomic E-state index is 13.0. The van der Waals surface area contributed by atoms with E-state index in [0.717, 1.165) is 0 Å². The van der Waals surface area contributed by atoms with Crippen LogP contribution in [0, 0.1) is 0 Å². The van der Waals surface area contributed by atoms with Crippen LogP contribution in [0.25, 0.3) is 11.1 Å². The number of ketones is 2. The van der Waals surface area contributed by atoms with E-state index in [1.165, 1.54) is 42.7 Å². The Balaban J connectivity index is 1.95. The Morgan fingerprint density at radius 2 is 0.783 bits per heavy atom. The number of phenols is 2. The van der Waals surface area contributed by atoms with Crippen molar-refractivity contribution >= 4 is 11.6 Å². The molecule has 0 aliphatic carbocycles. The van der Waals surface area contributed by atoms with E-state index in [1.807, 2.05) is 12.1 Å². The number of Topliss-reactive ketones (excluding diaryl/α,β-unsaturated/α-hetero) is 2. The number of carbonyl (C=O) groups excluding carboxylic acids is 2. The molecule has 0 saturated carbocycles. The van der Waals surface area contributed by atoms with Gasteiger partial charge in [-0.15, -0.1) is 0 Å². The monoisotopic (exact) mass is 630 g/mol. The van der Waals surface area contributed by atoms with Gasteiger partial charge in [0.1, 0.15) is 11.5 Å². The summed E-state index contributed by atoms with van der Waals surface area (Å²) in [5.74, 6) is -0.322. The fraction of sp³-hybridized carbons (Fsp3) is 0.278. The Kier molecular flexibility index (Phi) is 11.0. The van der Waals surface area contributed by atoms with Gasteiger partial charge in [-0.1, -0.05) is 60.7 Å². The van der Waals surface area contributed by atoms with Gasteiger partial charge in [0.25, 0.3) is 0 Å². The van der Waals surface area contributed by atoms with Gasteiger partial charge in [0.05, 0.1) is 53.8 Å². The number of rotatable bonds is 15. The van der Waals surface area contributed by atoms with Crippen LogP contribution in [-0.2, 0) is 12.8 Å². The highest BCUT2D eigenvalue weighted by atomic mass is 16.5. The van der Waals surface area contributed by atoms with E-state index in [4.69, 9.17) is 28.4 Å². The molecule has 0 radical (unpaired) electrons. The molecule has 0 aliphatic rings. The molecule has 2 N–H and O–H groups in total. The lowest BCUT2D eigenvalue weighted by atomic mass is 9.90. The summed E-state index contributed by atoms with van der Waals surface area (Å²) >= 11 is 0. The lowest BCUT2D eigenvalue weighted by Crippen LogP contribution is -2.08. The molecule has 0 unspecified atom stereocenters. The van der Waals surface area contributed by atoms with Crippen molar-refractivity contribution in [3.63, 3.8) is 0 Å². The standard InChI is InChI=1S/C36H38O10/c1-41-31-23(17-19-25(37)21-13-9-7-10-14-21)29(39)27(33(43-3)35(31)45-5)28-30(40)24(32(42-2)36(46-6)34(28)44-4)18-20-26(38)22-15-11-8-12-16-22/h7-16,39-40H,17-20H2,1-6H3. The SMILES string of the molecule is COc1c(CCC(=O)c2ccccc2)c(O)c(-c2c(O)c(CCC(=O)c3ccccc3)c(OC)c(OC)c2OC)c(OC)c1OC. The number of hydrogen-bond acceptors (Lipinski definition) is 10. The first-order valence-electron chi connectivity index (χ1n) is 14.5. The normalized spacial score (nSPS) is 10.7. The van der Waals surface area contributed by atoms with Gasteiger partial charge >= 0.3 is 0 Å². The van der Waals surface area contributed by atoms with E-state index >= 15 is 0 Å². The van der Waals surface area contributed by atoms with Crippen molar-refractivity contribution in [1.29, 1.82) is 0 Å². The van der Waals surface area contributed by atoms with Crippen molar-refractivity contribution in [2.45, 2.75) is 25.7 Å². The molecule has 4 aromatic carbocycles. The van der Waals surface area contributed by atoms with Gasteiger partial charge < -0.3 is 38.6 Å². The van der Waals surface area contributed by atoms with Gasteiger partial charge in [-0.2, -0.15) is 0 Å². The molecule has 4 aromatic rings. The van der Waals surface area contributed by atoms with E-state index in [9.17, 15) is 19.8 Å². The molecule has 10 nitrogen and oxygen atoms in total. The minimum Gasteiger partial charge on any atom is -0.507 e. The second kappa shape index (κ2) is 15.1. The highest BCUT2D eigenvalue weighted by molar-refractivity contribution is 5.98. The van der Waals surface area contributed by atoms with Crippen LogP contribution in [0.2, 0.25) is 0 Å². The Morgan fingerprint density at radius 3 is 1.07 bits per heavy atom. The zero-order valence-corrected chi connectivity index (χ0v) is 26.8. The number of carbonyl (C=O) groups is 2. The summed E-state index contributed by atoms with van der Waals surface area (Å²) in [6.07, 6.45) is 0.186. The summed E-state index contributed by atoms with van der Waals surface area (Å²) in [6, 6.07) is 17.6. The Morgan fingerprint density at radius 1 is 0.478 bits per heavy atom. The molecular formula is C36H38O10. The molecule has 0 aromatic heterocycles. The third-order valence-electron chi connectivity index (χ3n) is 7.74. The summed E-state index contributed by atoms with van der Waals surface area (Å²) < 4.78 is 34.3. The minimum absolute atomic E-state index is 0.00764. The van der Waals surface area contributed by atoms with E-state index < -0.39 is 0 Å². The summed E-state index contributed by atoms with van der Waals surface area (Å²) in [5, 5.41) is 23.9. The lowest BCUT2D eigenvalue weighted by Gasteiger charge is -2.25. The number of hydrogen-bond donors (Lipinski definition) is 2. The predicted molar refractivity (Wildman–Crippen MR) is 173 cm³/mol. The van der Waals surface area contributed by atoms with Gasteiger partial charge in [0.15, 0.2) is 34.6 Å². The Hall–Kier alpha value is -5.38. The van der Waals surface area contributed by atoms with Crippen LogP contribution in [0.4, 0.5) is 0 Å². The van der Waals surface area contributed by atoms with Crippen LogP contribution < -0.4 is 28.4 Å². The first-order chi connectivity index (χ1) is 22.3. The highest BCUT2D eigenvalue weighted by Crippen LogP contribution is 2.60. The predicted octanol–water partition coefficient (Wildman–Crippen LogP) is 6.45. The molecule has 242 valence electrons. The number of ether oxygens (including phenoxy) is 6. The van der Waals surface area contributed by atoms with Crippen molar-refractivity contribution in [2.24, 2.45) is 0 Å². The number of aromatic hydroxyl groups is 2. The smallest absolute Gasteiger partial charge is 0.204 e. The first kappa shape index (κ1) is 33.5. The average Bonchev–Trinajstić information content (AvgIpc) is 3.09. The molecule has 4 rings (SSSR count). The van der Waals surface area contributed by atoms with Crippen LogP contribution in [0.1, 0.15) is 44.7 Å². The maximum Gasteiger partial charge on any atom is 0.204 e. The number of phenolic OH excluding ortho intramolecular Hbond substituents is 2. The van der Waals surface area contributed by atoms with Gasteiger partial charge in [0.2, 0.25) is 11.5 Å². The van der Waals surface area contributed by atoms with Crippen LogP contribution >= 0.6 is 0 Å². The number of methoxy groups -OCH3 is 6. The van der Waals surface area contributed by atoms with Crippen molar-refractivity contribution in [1.82, 2.24) is 0 Å². The van der Waals surface area contributed by atoms with Crippen molar-refractivity contribution in [3.8, 4) is 57.1 Å². The quantitative estimate of drug-likeness (QED) is 0.141. The van der Waals surface area contributed by atoms with Crippen LogP contribution in [0.3, 0.4) is 0 Å².